The molecule has 0 heterocycles. The van der Waals surface area contributed by atoms with Crippen LogP contribution in [0.2, 0.25) is 0 Å². The molecule has 3 nitrogen and oxygen atoms in total. The van der Waals surface area contributed by atoms with Crippen molar-refractivity contribution >= 4 is 5.91 Å². The maximum absolute atomic E-state index is 11.3. The predicted molar refractivity (Wildman–Crippen MR) is 57.2 cm³/mol. The monoisotopic (exact) mass is 198 g/mol. The van der Waals surface area contributed by atoms with Gasteiger partial charge in [0, 0.05) is 5.92 Å². The lowest BCUT2D eigenvalue weighted by molar-refractivity contribution is -0.126. The molecule has 0 radical (unpaired) electrons. The third-order valence-corrected chi connectivity index (χ3v) is 3.16. The van der Waals surface area contributed by atoms with Gasteiger partial charge in [-0.25, -0.2) is 5.84 Å². The standard InChI is InChI=1S/C11H22N2O/c1-8(2)7-9-3-5-10(6-4-9)11(14)13-12/h8-10H,3-7,12H2,1-2H3,(H,13,14). The summed E-state index contributed by atoms with van der Waals surface area (Å²) in [6, 6.07) is 0. The van der Waals surface area contributed by atoms with Crippen LogP contribution in [0.15, 0.2) is 0 Å². The minimum Gasteiger partial charge on any atom is -0.294 e. The SMILES string of the molecule is CC(C)CC1CCC(C(=O)NN)CC1. The van der Waals surface area contributed by atoms with Gasteiger partial charge in [-0.3, -0.25) is 10.2 Å². The zero-order chi connectivity index (χ0) is 10.6. The van der Waals surface area contributed by atoms with Gasteiger partial charge in [0.15, 0.2) is 0 Å². The van der Waals surface area contributed by atoms with Crippen LogP contribution in [0, 0.1) is 17.8 Å². The normalized spacial score (nSPS) is 27.7. The third kappa shape index (κ3) is 3.29. The predicted octanol–water partition coefficient (Wildman–Crippen LogP) is 1.83. The first-order valence-electron chi connectivity index (χ1n) is 5.64. The van der Waals surface area contributed by atoms with E-state index in [9.17, 15) is 4.79 Å². The van der Waals surface area contributed by atoms with Gasteiger partial charge in [0.25, 0.3) is 0 Å². The van der Waals surface area contributed by atoms with Gasteiger partial charge in [0.05, 0.1) is 0 Å². The smallest absolute Gasteiger partial charge is 0.236 e. The molecule has 0 saturated heterocycles. The van der Waals surface area contributed by atoms with Gasteiger partial charge in [-0.1, -0.05) is 13.8 Å². The number of hydrogen-bond acceptors (Lipinski definition) is 2. The summed E-state index contributed by atoms with van der Waals surface area (Å²) >= 11 is 0. The minimum absolute atomic E-state index is 0.0213. The van der Waals surface area contributed by atoms with Gasteiger partial charge in [0.1, 0.15) is 0 Å². The summed E-state index contributed by atoms with van der Waals surface area (Å²) in [6.07, 6.45) is 5.71. The summed E-state index contributed by atoms with van der Waals surface area (Å²) < 4.78 is 0. The molecule has 0 aromatic carbocycles. The van der Waals surface area contributed by atoms with E-state index in [1.54, 1.807) is 0 Å². The first-order chi connectivity index (χ1) is 6.63. The van der Waals surface area contributed by atoms with Crippen molar-refractivity contribution in [2.45, 2.75) is 46.0 Å². The highest BCUT2D eigenvalue weighted by molar-refractivity contribution is 5.77. The second-order valence-electron chi connectivity index (χ2n) is 4.86. The molecule has 0 aromatic rings. The second-order valence-corrected chi connectivity index (χ2v) is 4.86. The molecule has 0 atom stereocenters. The summed E-state index contributed by atoms with van der Waals surface area (Å²) in [7, 11) is 0. The number of carbonyl (C=O) groups is 1. The molecule has 1 aliphatic carbocycles. The average molecular weight is 198 g/mol. The molecule has 0 aliphatic heterocycles. The Kier molecular flexibility index (Phi) is 4.39. The molecule has 82 valence electrons. The van der Waals surface area contributed by atoms with Crippen molar-refractivity contribution in [2.75, 3.05) is 0 Å². The summed E-state index contributed by atoms with van der Waals surface area (Å²) in [5.41, 5.74) is 2.25. The van der Waals surface area contributed by atoms with Crippen molar-refractivity contribution in [1.82, 2.24) is 5.43 Å². The Morgan fingerprint density at radius 2 is 1.93 bits per heavy atom. The third-order valence-electron chi connectivity index (χ3n) is 3.16. The Morgan fingerprint density at radius 1 is 1.36 bits per heavy atom. The van der Waals surface area contributed by atoms with E-state index in [-0.39, 0.29) is 11.8 Å². The van der Waals surface area contributed by atoms with Gasteiger partial charge >= 0.3 is 0 Å². The van der Waals surface area contributed by atoms with Crippen molar-refractivity contribution in [3.8, 4) is 0 Å². The fraction of sp³-hybridized carbons (Fsp3) is 0.909. The Bertz CT molecular complexity index is 184. The highest BCUT2D eigenvalue weighted by Gasteiger charge is 2.25. The van der Waals surface area contributed by atoms with E-state index in [4.69, 9.17) is 5.84 Å². The molecule has 1 aliphatic rings. The number of rotatable bonds is 3. The highest BCUT2D eigenvalue weighted by Crippen LogP contribution is 2.32. The van der Waals surface area contributed by atoms with Crippen LogP contribution in [0.1, 0.15) is 46.0 Å². The van der Waals surface area contributed by atoms with Gasteiger partial charge in [-0.15, -0.1) is 0 Å². The van der Waals surface area contributed by atoms with Crippen LogP contribution in [0.3, 0.4) is 0 Å². The molecular weight excluding hydrogens is 176 g/mol. The van der Waals surface area contributed by atoms with E-state index in [1.807, 2.05) is 0 Å². The quantitative estimate of drug-likeness (QED) is 0.413. The lowest BCUT2D eigenvalue weighted by atomic mass is 9.78. The molecule has 0 unspecified atom stereocenters. The van der Waals surface area contributed by atoms with Crippen molar-refractivity contribution in [1.29, 1.82) is 0 Å². The largest absolute Gasteiger partial charge is 0.294 e. The molecule has 1 fully saturated rings. The van der Waals surface area contributed by atoms with Crippen LogP contribution in [-0.4, -0.2) is 5.91 Å². The molecule has 3 heteroatoms. The molecule has 1 rings (SSSR count). The lowest BCUT2D eigenvalue weighted by Gasteiger charge is -2.28. The van der Waals surface area contributed by atoms with Gasteiger partial charge in [-0.05, 0) is 43.9 Å². The Balaban J connectivity index is 2.27. The molecule has 3 N–H and O–H groups in total. The summed E-state index contributed by atoms with van der Waals surface area (Å²) in [5, 5.41) is 0. The van der Waals surface area contributed by atoms with Crippen molar-refractivity contribution in [3.63, 3.8) is 0 Å². The topological polar surface area (TPSA) is 55.1 Å². The van der Waals surface area contributed by atoms with E-state index >= 15 is 0 Å². The minimum atomic E-state index is 0.0213. The van der Waals surface area contributed by atoms with Gasteiger partial charge < -0.3 is 0 Å². The van der Waals surface area contributed by atoms with Crippen LogP contribution in [-0.2, 0) is 4.79 Å². The summed E-state index contributed by atoms with van der Waals surface area (Å²) in [5.74, 6) is 6.92. The zero-order valence-corrected chi connectivity index (χ0v) is 9.25. The van der Waals surface area contributed by atoms with Crippen LogP contribution in [0.5, 0.6) is 0 Å². The molecule has 0 bridgehead atoms. The number of nitrogens with one attached hydrogen (secondary N) is 1. The molecule has 0 spiro atoms. The van der Waals surface area contributed by atoms with Gasteiger partial charge in [-0.2, -0.15) is 0 Å². The number of amides is 1. The fourth-order valence-electron chi connectivity index (χ4n) is 2.44. The number of hydrazine groups is 1. The molecule has 0 aromatic heterocycles. The van der Waals surface area contributed by atoms with E-state index in [2.05, 4.69) is 19.3 Å². The van der Waals surface area contributed by atoms with E-state index in [0.717, 1.165) is 24.7 Å². The molecular formula is C11H22N2O. The average Bonchev–Trinajstić information content (AvgIpc) is 2.17. The van der Waals surface area contributed by atoms with Crippen LogP contribution >= 0.6 is 0 Å². The summed E-state index contributed by atoms with van der Waals surface area (Å²) in [6.45, 7) is 4.53. The van der Waals surface area contributed by atoms with Crippen LogP contribution < -0.4 is 11.3 Å². The highest BCUT2D eigenvalue weighted by atomic mass is 16.2. The molecule has 1 saturated carbocycles. The maximum Gasteiger partial charge on any atom is 0.236 e. The van der Waals surface area contributed by atoms with Crippen LogP contribution in [0.25, 0.3) is 0 Å². The Labute approximate surface area is 86.4 Å². The number of hydrogen-bond donors (Lipinski definition) is 2. The van der Waals surface area contributed by atoms with Crippen molar-refractivity contribution in [3.05, 3.63) is 0 Å². The van der Waals surface area contributed by atoms with E-state index in [1.165, 1.54) is 19.3 Å². The first-order valence-corrected chi connectivity index (χ1v) is 5.64. The summed E-state index contributed by atoms with van der Waals surface area (Å²) in [4.78, 5) is 11.3. The fourth-order valence-corrected chi connectivity index (χ4v) is 2.44. The Morgan fingerprint density at radius 3 is 2.36 bits per heavy atom. The van der Waals surface area contributed by atoms with Crippen molar-refractivity contribution < 1.29 is 4.79 Å². The van der Waals surface area contributed by atoms with Crippen LogP contribution in [0.4, 0.5) is 0 Å². The van der Waals surface area contributed by atoms with Crippen molar-refractivity contribution in [2.24, 2.45) is 23.6 Å². The maximum atomic E-state index is 11.3. The van der Waals surface area contributed by atoms with Gasteiger partial charge in [0.2, 0.25) is 5.91 Å². The second kappa shape index (κ2) is 5.35. The number of carbonyl (C=O) groups excluding carboxylic acids is 1. The zero-order valence-electron chi connectivity index (χ0n) is 9.25. The van der Waals surface area contributed by atoms with E-state index in [0.29, 0.717) is 0 Å². The Hall–Kier alpha value is -0.570. The first kappa shape index (κ1) is 11.5. The molecule has 1 amide bonds. The number of nitrogens with two attached hydrogens (primary N) is 1. The lowest BCUT2D eigenvalue weighted by Crippen LogP contribution is -2.37. The molecule has 14 heavy (non-hydrogen) atoms. The van der Waals surface area contributed by atoms with E-state index < -0.39 is 0 Å².